The number of aromatic nitrogens is 2. The van der Waals surface area contributed by atoms with E-state index in [1.54, 1.807) is 18.3 Å². The number of hydrogen-bond acceptors (Lipinski definition) is 5. The summed E-state index contributed by atoms with van der Waals surface area (Å²) >= 11 is 6.05. The van der Waals surface area contributed by atoms with E-state index >= 15 is 0 Å². The molecule has 4 rings (SSSR count). The molecule has 2 aromatic rings. The van der Waals surface area contributed by atoms with Crippen molar-refractivity contribution in [3.8, 4) is 11.1 Å². The first-order chi connectivity index (χ1) is 11.8. The van der Waals surface area contributed by atoms with Crippen molar-refractivity contribution in [2.24, 2.45) is 17.6 Å². The fourth-order valence-electron chi connectivity index (χ4n) is 4.30. The molecule has 0 amide bonds. The van der Waals surface area contributed by atoms with Gasteiger partial charge in [-0.15, -0.1) is 0 Å². The van der Waals surface area contributed by atoms with E-state index in [1.165, 1.54) is 6.07 Å². The Kier molecular flexibility index (Phi) is 3.85. The minimum Gasteiger partial charge on any atom is -0.383 e. The number of nitrogens with two attached hydrogens (primary N) is 2. The fraction of sp³-hybridized carbons (Fsp3) is 0.444. The third-order valence-electron chi connectivity index (χ3n) is 5.36. The molecule has 25 heavy (non-hydrogen) atoms. The van der Waals surface area contributed by atoms with Gasteiger partial charge >= 0.3 is 0 Å². The van der Waals surface area contributed by atoms with Gasteiger partial charge in [-0.3, -0.25) is 0 Å². The van der Waals surface area contributed by atoms with Gasteiger partial charge in [-0.05, 0) is 37.7 Å². The molecule has 7 heteroatoms. The largest absolute Gasteiger partial charge is 0.383 e. The van der Waals surface area contributed by atoms with Crippen molar-refractivity contribution in [2.45, 2.75) is 25.3 Å². The molecule has 5 nitrogen and oxygen atoms in total. The summed E-state index contributed by atoms with van der Waals surface area (Å²) in [5.41, 5.74) is 13.4. The van der Waals surface area contributed by atoms with E-state index in [0.717, 1.165) is 25.9 Å². The van der Waals surface area contributed by atoms with Crippen molar-refractivity contribution < 1.29 is 4.39 Å². The topological polar surface area (TPSA) is 81.1 Å². The molecule has 1 saturated carbocycles. The minimum absolute atomic E-state index is 0.0310. The number of anilines is 2. The summed E-state index contributed by atoms with van der Waals surface area (Å²) in [4.78, 5) is 11.1. The Morgan fingerprint density at radius 2 is 1.92 bits per heavy atom. The number of nitrogens with zero attached hydrogens (tertiary/aromatic N) is 3. The van der Waals surface area contributed by atoms with Crippen LogP contribution in [0.2, 0.25) is 5.02 Å². The molecule has 0 radical (unpaired) electrons. The molecule has 4 N–H and O–H groups in total. The van der Waals surface area contributed by atoms with Crippen molar-refractivity contribution in [3.63, 3.8) is 0 Å². The first-order valence-corrected chi connectivity index (χ1v) is 8.82. The Hall–Kier alpha value is -1.92. The number of rotatable bonds is 2. The van der Waals surface area contributed by atoms with Gasteiger partial charge in [0, 0.05) is 36.0 Å². The Balaban J connectivity index is 1.58. The maximum atomic E-state index is 13.7. The average Bonchev–Trinajstić information content (AvgIpc) is 3.04. The molecule has 1 aromatic carbocycles. The van der Waals surface area contributed by atoms with Gasteiger partial charge in [-0.25, -0.2) is 9.37 Å². The summed E-state index contributed by atoms with van der Waals surface area (Å²) in [5, 5.41) is 0.0310. The van der Waals surface area contributed by atoms with Gasteiger partial charge in [0.1, 0.15) is 11.6 Å². The van der Waals surface area contributed by atoms with Gasteiger partial charge < -0.3 is 16.4 Å². The van der Waals surface area contributed by atoms with Crippen LogP contribution in [-0.2, 0) is 0 Å². The highest BCUT2D eigenvalue weighted by Gasteiger charge is 2.45. The van der Waals surface area contributed by atoms with E-state index < -0.39 is 5.82 Å². The van der Waals surface area contributed by atoms with Gasteiger partial charge in [0.2, 0.25) is 5.95 Å². The quantitative estimate of drug-likeness (QED) is 0.859. The van der Waals surface area contributed by atoms with E-state index in [4.69, 9.17) is 23.1 Å². The summed E-state index contributed by atoms with van der Waals surface area (Å²) in [5.74, 6) is 1.59. The Labute approximate surface area is 151 Å². The highest BCUT2D eigenvalue weighted by atomic mass is 35.5. The van der Waals surface area contributed by atoms with Gasteiger partial charge in [0.25, 0.3) is 0 Å². The second kappa shape index (κ2) is 5.81. The Morgan fingerprint density at radius 1 is 1.24 bits per heavy atom. The van der Waals surface area contributed by atoms with Crippen LogP contribution in [0.15, 0.2) is 24.4 Å². The van der Waals surface area contributed by atoms with Gasteiger partial charge in [0.15, 0.2) is 0 Å². The lowest BCUT2D eigenvalue weighted by atomic mass is 10.00. The number of fused-ring (bicyclic) bond motifs is 1. The first-order valence-electron chi connectivity index (χ1n) is 8.45. The number of benzene rings is 1. The summed E-state index contributed by atoms with van der Waals surface area (Å²) in [6, 6.07) is 4.61. The number of halogens is 2. The number of nitrogen functional groups attached to an aromatic ring is 1. The van der Waals surface area contributed by atoms with Crippen LogP contribution in [-0.4, -0.2) is 28.6 Å². The first kappa shape index (κ1) is 16.5. The van der Waals surface area contributed by atoms with Crippen LogP contribution in [0.3, 0.4) is 0 Å². The maximum Gasteiger partial charge on any atom is 0.227 e. The second-order valence-electron chi connectivity index (χ2n) is 7.56. The van der Waals surface area contributed by atoms with Crippen molar-refractivity contribution in [1.29, 1.82) is 0 Å². The predicted octanol–water partition coefficient (Wildman–Crippen LogP) is 3.08. The van der Waals surface area contributed by atoms with Crippen molar-refractivity contribution in [2.75, 3.05) is 23.7 Å². The normalized spacial score (nSPS) is 28.4. The van der Waals surface area contributed by atoms with Gasteiger partial charge in [-0.1, -0.05) is 23.7 Å². The van der Waals surface area contributed by atoms with E-state index in [2.05, 4.69) is 21.8 Å². The third kappa shape index (κ3) is 2.93. The van der Waals surface area contributed by atoms with Crippen LogP contribution in [0.1, 0.15) is 19.8 Å². The van der Waals surface area contributed by atoms with Crippen molar-refractivity contribution in [1.82, 2.24) is 9.97 Å². The van der Waals surface area contributed by atoms with Gasteiger partial charge in [-0.2, -0.15) is 4.98 Å². The molecule has 1 saturated heterocycles. The third-order valence-corrected chi connectivity index (χ3v) is 5.75. The van der Waals surface area contributed by atoms with E-state index in [1.807, 2.05) is 0 Å². The molecule has 0 spiro atoms. The molecule has 132 valence electrons. The zero-order chi connectivity index (χ0) is 17.8. The van der Waals surface area contributed by atoms with Crippen LogP contribution in [0.5, 0.6) is 0 Å². The van der Waals surface area contributed by atoms with Crippen LogP contribution >= 0.6 is 11.6 Å². The van der Waals surface area contributed by atoms with Crippen LogP contribution in [0, 0.1) is 17.7 Å². The molecule has 2 fully saturated rings. The van der Waals surface area contributed by atoms with Gasteiger partial charge in [0.05, 0.1) is 5.02 Å². The second-order valence-corrected chi connectivity index (χ2v) is 7.94. The van der Waals surface area contributed by atoms with Crippen LogP contribution in [0.4, 0.5) is 16.2 Å². The number of hydrogen-bond donors (Lipinski definition) is 2. The van der Waals surface area contributed by atoms with E-state index in [9.17, 15) is 4.39 Å². The smallest absolute Gasteiger partial charge is 0.227 e. The van der Waals surface area contributed by atoms with Crippen LogP contribution < -0.4 is 16.4 Å². The molecule has 2 aliphatic rings. The highest BCUT2D eigenvalue weighted by Crippen LogP contribution is 2.43. The molecule has 3 atom stereocenters. The molecule has 0 bridgehead atoms. The lowest BCUT2D eigenvalue weighted by Crippen LogP contribution is -2.35. The molecule has 2 heterocycles. The van der Waals surface area contributed by atoms with Crippen LogP contribution in [0.25, 0.3) is 11.1 Å². The zero-order valence-electron chi connectivity index (χ0n) is 14.0. The lowest BCUT2D eigenvalue weighted by Gasteiger charge is -2.23. The SMILES string of the molecule is C[C@@]1(N)C[C@H]2CN(c3ncc(-c4cccc(F)c4Cl)c(N)n3)C[C@H]2C1. The zero-order valence-corrected chi connectivity index (χ0v) is 14.8. The lowest BCUT2D eigenvalue weighted by molar-refractivity contribution is 0.449. The highest BCUT2D eigenvalue weighted by molar-refractivity contribution is 6.33. The fourth-order valence-corrected chi connectivity index (χ4v) is 4.53. The standard InChI is InChI=1S/C18H21ClFN5/c1-18(22)5-10-8-25(9-11(10)6-18)17-23-7-13(16(21)24-17)12-3-2-4-14(20)15(12)19/h2-4,7,10-11H,5-6,8-9,22H2,1H3,(H2,21,23,24)/t10-,11+,18+. The van der Waals surface area contributed by atoms with E-state index in [-0.39, 0.29) is 10.6 Å². The molecular formula is C18H21ClFN5. The summed E-state index contributed by atoms with van der Waals surface area (Å²) < 4.78 is 13.7. The molecule has 1 aromatic heterocycles. The molecule has 1 aliphatic heterocycles. The van der Waals surface area contributed by atoms with Crippen molar-refractivity contribution >= 4 is 23.4 Å². The predicted molar refractivity (Wildman–Crippen MR) is 97.9 cm³/mol. The molecule has 0 unspecified atom stereocenters. The summed E-state index contributed by atoms with van der Waals surface area (Å²) in [7, 11) is 0. The van der Waals surface area contributed by atoms with E-state index in [0.29, 0.717) is 34.7 Å². The molecule has 1 aliphatic carbocycles. The van der Waals surface area contributed by atoms with Crippen molar-refractivity contribution in [3.05, 3.63) is 35.2 Å². The molecular weight excluding hydrogens is 341 g/mol. The average molecular weight is 362 g/mol. The monoisotopic (exact) mass is 361 g/mol. The minimum atomic E-state index is -0.486. The Bertz CT molecular complexity index is 809. The summed E-state index contributed by atoms with van der Waals surface area (Å²) in [6.07, 6.45) is 3.68. The Morgan fingerprint density at radius 3 is 2.56 bits per heavy atom. The summed E-state index contributed by atoms with van der Waals surface area (Å²) in [6.45, 7) is 3.93. The maximum absolute atomic E-state index is 13.7.